The number of morpholine rings is 1. The van der Waals surface area contributed by atoms with Gasteiger partial charge in [0.25, 0.3) is 5.69 Å². The van der Waals surface area contributed by atoms with Crippen LogP contribution < -0.4 is 5.32 Å². The van der Waals surface area contributed by atoms with Crippen molar-refractivity contribution >= 4 is 17.0 Å². The Bertz CT molecular complexity index is 687. The van der Waals surface area contributed by atoms with Crippen LogP contribution in [-0.2, 0) is 11.3 Å². The number of hydrogen-bond donors (Lipinski definition) is 1. The first-order valence-corrected chi connectivity index (χ1v) is 8.78. The third kappa shape index (κ3) is 4.39. The summed E-state index contributed by atoms with van der Waals surface area (Å²) in [6.07, 6.45) is 0.248. The zero-order chi connectivity index (χ0) is 16.9. The first-order valence-electron chi connectivity index (χ1n) is 7.96. The van der Waals surface area contributed by atoms with Crippen molar-refractivity contribution in [2.45, 2.75) is 12.6 Å². The van der Waals surface area contributed by atoms with Crippen molar-refractivity contribution in [2.75, 3.05) is 33.3 Å². The average molecular weight is 347 g/mol. The van der Waals surface area contributed by atoms with Gasteiger partial charge in [0.1, 0.15) is 0 Å². The van der Waals surface area contributed by atoms with Gasteiger partial charge in [-0.15, -0.1) is 11.3 Å². The summed E-state index contributed by atoms with van der Waals surface area (Å²) < 4.78 is 5.74. The molecule has 3 rings (SSSR count). The largest absolute Gasteiger partial charge is 0.374 e. The van der Waals surface area contributed by atoms with Crippen LogP contribution in [0.2, 0.25) is 0 Å². The summed E-state index contributed by atoms with van der Waals surface area (Å²) in [5.74, 6) is 0. The Labute approximate surface area is 145 Å². The monoisotopic (exact) mass is 347 g/mol. The van der Waals surface area contributed by atoms with E-state index in [4.69, 9.17) is 4.74 Å². The maximum atomic E-state index is 10.7. The first kappa shape index (κ1) is 17.0. The number of thiophene rings is 1. The number of nitro groups is 1. The van der Waals surface area contributed by atoms with Crippen molar-refractivity contribution in [3.8, 4) is 10.4 Å². The molecule has 2 aromatic rings. The van der Waals surface area contributed by atoms with Gasteiger partial charge in [0.05, 0.1) is 17.6 Å². The Morgan fingerprint density at radius 1 is 1.33 bits per heavy atom. The molecule has 1 fully saturated rings. The highest BCUT2D eigenvalue weighted by molar-refractivity contribution is 7.15. The highest BCUT2D eigenvalue weighted by Crippen LogP contribution is 2.29. The molecule has 0 spiro atoms. The molecule has 6 nitrogen and oxygen atoms in total. The lowest BCUT2D eigenvalue weighted by atomic mass is 10.2. The van der Waals surface area contributed by atoms with Gasteiger partial charge in [-0.2, -0.15) is 0 Å². The molecule has 1 aliphatic heterocycles. The summed E-state index contributed by atoms with van der Waals surface area (Å²) in [6, 6.07) is 10.9. The van der Waals surface area contributed by atoms with E-state index in [1.807, 2.05) is 0 Å². The number of benzene rings is 1. The second kappa shape index (κ2) is 7.85. The fraction of sp³-hybridized carbons (Fsp3) is 0.412. The Kier molecular flexibility index (Phi) is 5.57. The van der Waals surface area contributed by atoms with Crippen molar-refractivity contribution in [3.63, 3.8) is 0 Å². The number of nitrogens with zero attached hydrogens (tertiary/aromatic N) is 2. The molecule has 0 radical (unpaired) electrons. The second-order valence-electron chi connectivity index (χ2n) is 5.96. The maximum Gasteiger partial charge on any atom is 0.269 e. The Balaban J connectivity index is 1.52. The van der Waals surface area contributed by atoms with E-state index in [0.717, 1.165) is 43.2 Å². The summed E-state index contributed by atoms with van der Waals surface area (Å²) in [4.78, 5) is 15.0. The molecule has 2 heterocycles. The fourth-order valence-electron chi connectivity index (χ4n) is 2.72. The van der Waals surface area contributed by atoms with E-state index in [0.29, 0.717) is 0 Å². The number of non-ortho nitro benzene ring substituents is 1. The van der Waals surface area contributed by atoms with Crippen LogP contribution in [0.4, 0.5) is 5.69 Å². The van der Waals surface area contributed by atoms with Gasteiger partial charge >= 0.3 is 0 Å². The van der Waals surface area contributed by atoms with Crippen molar-refractivity contribution in [2.24, 2.45) is 0 Å². The van der Waals surface area contributed by atoms with E-state index < -0.39 is 0 Å². The van der Waals surface area contributed by atoms with Gasteiger partial charge in [-0.25, -0.2) is 0 Å². The summed E-state index contributed by atoms with van der Waals surface area (Å²) in [7, 11) is 2.12. The van der Waals surface area contributed by atoms with Crippen molar-refractivity contribution < 1.29 is 9.66 Å². The lowest BCUT2D eigenvalue weighted by Crippen LogP contribution is -2.44. The molecule has 1 aliphatic rings. The zero-order valence-electron chi connectivity index (χ0n) is 13.6. The third-order valence-electron chi connectivity index (χ3n) is 4.04. The average Bonchev–Trinajstić information content (AvgIpc) is 3.04. The predicted molar refractivity (Wildman–Crippen MR) is 95.4 cm³/mol. The maximum absolute atomic E-state index is 10.7. The Morgan fingerprint density at radius 2 is 2.12 bits per heavy atom. The second-order valence-corrected chi connectivity index (χ2v) is 7.12. The van der Waals surface area contributed by atoms with Crippen LogP contribution in [0.3, 0.4) is 0 Å². The Hall–Kier alpha value is -1.80. The van der Waals surface area contributed by atoms with Crippen molar-refractivity contribution in [1.29, 1.82) is 0 Å². The van der Waals surface area contributed by atoms with E-state index in [2.05, 4.69) is 29.4 Å². The minimum atomic E-state index is -0.377. The molecule has 0 bridgehead atoms. The van der Waals surface area contributed by atoms with E-state index in [1.54, 1.807) is 35.6 Å². The number of rotatable bonds is 6. The van der Waals surface area contributed by atoms with E-state index in [-0.39, 0.29) is 16.7 Å². The van der Waals surface area contributed by atoms with Gasteiger partial charge in [0, 0.05) is 48.1 Å². The molecular weight excluding hydrogens is 326 g/mol. The smallest absolute Gasteiger partial charge is 0.269 e. The number of ether oxygens (including phenoxy) is 1. The molecule has 1 saturated heterocycles. The zero-order valence-corrected chi connectivity index (χ0v) is 14.4. The fourth-order valence-corrected chi connectivity index (χ4v) is 3.70. The molecule has 1 unspecified atom stereocenters. The number of likely N-dealkylation sites (N-methyl/N-ethyl adjacent to an activating group) is 1. The van der Waals surface area contributed by atoms with Gasteiger partial charge in [-0.05, 0) is 36.9 Å². The molecule has 1 N–H and O–H groups in total. The van der Waals surface area contributed by atoms with Crippen LogP contribution in [0.15, 0.2) is 36.4 Å². The van der Waals surface area contributed by atoms with Crippen LogP contribution >= 0.6 is 11.3 Å². The molecule has 24 heavy (non-hydrogen) atoms. The number of nitrogens with one attached hydrogen (secondary N) is 1. The van der Waals surface area contributed by atoms with Gasteiger partial charge in [0.2, 0.25) is 0 Å². The van der Waals surface area contributed by atoms with Crippen LogP contribution in [0.1, 0.15) is 4.88 Å². The van der Waals surface area contributed by atoms with Crippen molar-refractivity contribution in [1.82, 2.24) is 10.2 Å². The summed E-state index contributed by atoms with van der Waals surface area (Å²) in [5.41, 5.74) is 1.13. The van der Waals surface area contributed by atoms with E-state index >= 15 is 0 Å². The molecule has 1 atom stereocenters. The predicted octanol–water partition coefficient (Wildman–Crippen LogP) is 2.74. The minimum Gasteiger partial charge on any atom is -0.374 e. The lowest BCUT2D eigenvalue weighted by molar-refractivity contribution is -0.384. The minimum absolute atomic E-state index is 0.120. The molecule has 0 amide bonds. The summed E-state index contributed by atoms with van der Waals surface area (Å²) in [5, 5.41) is 14.2. The normalized spacial score (nSPS) is 18.6. The molecule has 1 aromatic heterocycles. The van der Waals surface area contributed by atoms with Crippen LogP contribution in [0.5, 0.6) is 0 Å². The van der Waals surface area contributed by atoms with Gasteiger partial charge in [-0.3, -0.25) is 10.1 Å². The van der Waals surface area contributed by atoms with Gasteiger partial charge in [-0.1, -0.05) is 0 Å². The highest BCUT2D eigenvalue weighted by atomic mass is 32.1. The SMILES string of the molecule is CN1CCOC(CNCc2ccc(-c3ccc([N+](=O)[O-])cc3)s2)C1. The summed E-state index contributed by atoms with van der Waals surface area (Å²) >= 11 is 1.70. The molecule has 0 aliphatic carbocycles. The van der Waals surface area contributed by atoms with Crippen molar-refractivity contribution in [3.05, 3.63) is 51.4 Å². The van der Waals surface area contributed by atoms with Crippen LogP contribution in [-0.4, -0.2) is 49.2 Å². The van der Waals surface area contributed by atoms with Gasteiger partial charge in [0.15, 0.2) is 0 Å². The van der Waals surface area contributed by atoms with E-state index in [9.17, 15) is 10.1 Å². The highest BCUT2D eigenvalue weighted by Gasteiger charge is 2.17. The molecule has 0 saturated carbocycles. The number of hydrogen-bond acceptors (Lipinski definition) is 6. The quantitative estimate of drug-likeness (QED) is 0.643. The van der Waals surface area contributed by atoms with Gasteiger partial charge < -0.3 is 15.0 Å². The van der Waals surface area contributed by atoms with Crippen LogP contribution in [0.25, 0.3) is 10.4 Å². The first-order chi connectivity index (χ1) is 11.6. The molecule has 128 valence electrons. The van der Waals surface area contributed by atoms with E-state index in [1.165, 1.54) is 4.88 Å². The Morgan fingerprint density at radius 3 is 2.83 bits per heavy atom. The third-order valence-corrected chi connectivity index (χ3v) is 5.17. The molecular formula is C17H21N3O3S. The number of nitro benzene ring substituents is 1. The topological polar surface area (TPSA) is 67.6 Å². The summed E-state index contributed by atoms with van der Waals surface area (Å²) in [6.45, 7) is 4.41. The molecule has 1 aromatic carbocycles. The lowest BCUT2D eigenvalue weighted by Gasteiger charge is -2.30. The molecule has 7 heteroatoms. The standard InChI is InChI=1S/C17H21N3O3S/c1-19-8-9-23-15(12-19)10-18-11-16-6-7-17(24-16)13-2-4-14(5-3-13)20(21)22/h2-7,15,18H,8-12H2,1H3. The van der Waals surface area contributed by atoms with Crippen LogP contribution in [0, 0.1) is 10.1 Å².